The summed E-state index contributed by atoms with van der Waals surface area (Å²) in [4.78, 5) is 8.45. The van der Waals surface area contributed by atoms with E-state index in [1.54, 1.807) is 29.2 Å². The number of aromatic nitrogens is 4. The quantitative estimate of drug-likeness (QED) is 0.715. The van der Waals surface area contributed by atoms with Crippen LogP contribution in [0.4, 0.5) is 0 Å². The van der Waals surface area contributed by atoms with Gasteiger partial charge in [0.1, 0.15) is 5.69 Å². The van der Waals surface area contributed by atoms with Crippen molar-refractivity contribution < 1.29 is 5.11 Å². The maximum Gasteiger partial charge on any atom is 0.161 e. The minimum atomic E-state index is -0.105. The molecular weight excluding hydrogens is 216 g/mol. The van der Waals surface area contributed by atoms with Gasteiger partial charge in [0.25, 0.3) is 0 Å². The Balaban J connectivity index is 2.30. The Labute approximate surface area is 97.4 Å². The van der Waals surface area contributed by atoms with Gasteiger partial charge in [0.05, 0.1) is 17.9 Å². The van der Waals surface area contributed by atoms with Gasteiger partial charge >= 0.3 is 0 Å². The van der Waals surface area contributed by atoms with E-state index in [0.717, 1.165) is 5.69 Å². The summed E-state index contributed by atoms with van der Waals surface area (Å²) >= 11 is 0. The van der Waals surface area contributed by atoms with Crippen LogP contribution in [0.25, 0.3) is 17.0 Å². The van der Waals surface area contributed by atoms with E-state index in [2.05, 4.69) is 15.1 Å². The van der Waals surface area contributed by atoms with Crippen molar-refractivity contribution in [3.63, 3.8) is 0 Å². The third-order valence-corrected chi connectivity index (χ3v) is 2.56. The average molecular weight is 226 g/mol. The highest BCUT2D eigenvalue weighted by Gasteiger charge is 2.14. The number of hydrogen-bond acceptors (Lipinski definition) is 4. The lowest BCUT2D eigenvalue weighted by Gasteiger charge is -1.97. The van der Waals surface area contributed by atoms with Gasteiger partial charge in [-0.3, -0.25) is 4.98 Å². The first kappa shape index (κ1) is 9.92. The second kappa shape index (κ2) is 3.95. The number of rotatable bonds is 2. The molecule has 0 atom stereocenters. The molecule has 0 saturated carbocycles. The standard InChI is InChI=1S/C12H10N4O/c17-8-9-11(10-4-1-2-5-13-10)15-16-7-3-6-14-12(9)16/h1-7,17H,8H2. The molecule has 0 fully saturated rings. The van der Waals surface area contributed by atoms with Crippen LogP contribution < -0.4 is 0 Å². The molecule has 84 valence electrons. The van der Waals surface area contributed by atoms with Gasteiger partial charge in [-0.25, -0.2) is 9.50 Å². The molecule has 3 aromatic heterocycles. The molecule has 0 aliphatic rings. The number of aliphatic hydroxyl groups is 1. The molecule has 17 heavy (non-hydrogen) atoms. The smallest absolute Gasteiger partial charge is 0.161 e. The second-order valence-corrected chi connectivity index (χ2v) is 3.59. The summed E-state index contributed by atoms with van der Waals surface area (Å²) in [5, 5.41) is 13.8. The van der Waals surface area contributed by atoms with Gasteiger partial charge < -0.3 is 5.11 Å². The summed E-state index contributed by atoms with van der Waals surface area (Å²) < 4.78 is 1.65. The molecule has 0 bridgehead atoms. The fraction of sp³-hybridized carbons (Fsp3) is 0.0833. The molecule has 0 saturated heterocycles. The molecule has 0 aromatic carbocycles. The Hall–Kier alpha value is -2.27. The van der Waals surface area contributed by atoms with E-state index in [-0.39, 0.29) is 6.61 Å². The van der Waals surface area contributed by atoms with Gasteiger partial charge in [-0.2, -0.15) is 5.10 Å². The van der Waals surface area contributed by atoms with Gasteiger partial charge in [0, 0.05) is 18.6 Å². The first-order valence-corrected chi connectivity index (χ1v) is 5.24. The maximum absolute atomic E-state index is 9.45. The van der Waals surface area contributed by atoms with Crippen molar-refractivity contribution in [3.05, 3.63) is 48.4 Å². The number of nitrogens with zero attached hydrogens (tertiary/aromatic N) is 4. The van der Waals surface area contributed by atoms with Gasteiger partial charge in [-0.05, 0) is 18.2 Å². The predicted molar refractivity (Wildman–Crippen MR) is 62.1 cm³/mol. The largest absolute Gasteiger partial charge is 0.391 e. The molecule has 5 heteroatoms. The van der Waals surface area contributed by atoms with Crippen LogP contribution in [-0.2, 0) is 6.61 Å². The molecule has 3 rings (SSSR count). The van der Waals surface area contributed by atoms with Crippen LogP contribution >= 0.6 is 0 Å². The summed E-state index contributed by atoms with van der Waals surface area (Å²) in [6, 6.07) is 7.39. The van der Waals surface area contributed by atoms with Crippen molar-refractivity contribution in [2.24, 2.45) is 0 Å². The molecule has 0 radical (unpaired) electrons. The Morgan fingerprint density at radius 3 is 2.76 bits per heavy atom. The Kier molecular flexibility index (Phi) is 2.31. The van der Waals surface area contributed by atoms with Crippen LogP contribution in [0.3, 0.4) is 0 Å². The van der Waals surface area contributed by atoms with E-state index in [9.17, 15) is 5.11 Å². The van der Waals surface area contributed by atoms with E-state index >= 15 is 0 Å². The van der Waals surface area contributed by atoms with Gasteiger partial charge in [-0.15, -0.1) is 0 Å². The van der Waals surface area contributed by atoms with E-state index in [1.165, 1.54) is 0 Å². The fourth-order valence-corrected chi connectivity index (χ4v) is 1.79. The minimum absolute atomic E-state index is 0.105. The summed E-state index contributed by atoms with van der Waals surface area (Å²) in [7, 11) is 0. The van der Waals surface area contributed by atoms with Gasteiger partial charge in [0.2, 0.25) is 0 Å². The maximum atomic E-state index is 9.45. The molecule has 5 nitrogen and oxygen atoms in total. The number of fused-ring (bicyclic) bond motifs is 1. The SMILES string of the molecule is OCc1c(-c2ccccn2)nn2cccnc12. The lowest BCUT2D eigenvalue weighted by molar-refractivity contribution is 0.283. The zero-order valence-corrected chi connectivity index (χ0v) is 8.98. The second-order valence-electron chi connectivity index (χ2n) is 3.59. The summed E-state index contributed by atoms with van der Waals surface area (Å²) in [5.41, 5.74) is 2.77. The third kappa shape index (κ3) is 1.57. The number of pyridine rings is 1. The Morgan fingerprint density at radius 1 is 1.12 bits per heavy atom. The minimum Gasteiger partial charge on any atom is -0.391 e. The monoisotopic (exact) mass is 226 g/mol. The molecule has 0 amide bonds. The van der Waals surface area contributed by atoms with Gasteiger partial charge in [-0.1, -0.05) is 6.07 Å². The van der Waals surface area contributed by atoms with Crippen molar-refractivity contribution in [1.29, 1.82) is 0 Å². The predicted octanol–water partition coefficient (Wildman–Crippen LogP) is 1.28. The first-order chi connectivity index (χ1) is 8.40. The van der Waals surface area contributed by atoms with Crippen molar-refractivity contribution in [2.75, 3.05) is 0 Å². The van der Waals surface area contributed by atoms with Crippen molar-refractivity contribution >= 4 is 5.65 Å². The van der Waals surface area contributed by atoms with Crippen molar-refractivity contribution in [1.82, 2.24) is 19.6 Å². The van der Waals surface area contributed by atoms with E-state index < -0.39 is 0 Å². The van der Waals surface area contributed by atoms with Crippen LogP contribution in [-0.4, -0.2) is 24.7 Å². The van der Waals surface area contributed by atoms with Crippen LogP contribution in [0.15, 0.2) is 42.9 Å². The molecule has 0 aliphatic carbocycles. The van der Waals surface area contributed by atoms with Crippen molar-refractivity contribution in [3.8, 4) is 11.4 Å². The lowest BCUT2D eigenvalue weighted by Crippen LogP contribution is -1.89. The Morgan fingerprint density at radius 2 is 2.00 bits per heavy atom. The van der Waals surface area contributed by atoms with Crippen LogP contribution in [0.1, 0.15) is 5.56 Å². The molecule has 3 aromatic rings. The normalized spacial score (nSPS) is 10.9. The lowest BCUT2D eigenvalue weighted by atomic mass is 10.2. The average Bonchev–Trinajstić information content (AvgIpc) is 2.78. The number of aliphatic hydroxyl groups excluding tert-OH is 1. The van der Waals surface area contributed by atoms with Crippen LogP contribution in [0.5, 0.6) is 0 Å². The van der Waals surface area contributed by atoms with Gasteiger partial charge in [0.15, 0.2) is 5.65 Å². The van der Waals surface area contributed by atoms with Crippen LogP contribution in [0, 0.1) is 0 Å². The van der Waals surface area contributed by atoms with E-state index in [4.69, 9.17) is 0 Å². The molecule has 3 heterocycles. The van der Waals surface area contributed by atoms with E-state index in [1.807, 2.05) is 18.2 Å². The highest BCUT2D eigenvalue weighted by atomic mass is 16.3. The zero-order valence-electron chi connectivity index (χ0n) is 8.98. The zero-order chi connectivity index (χ0) is 11.7. The van der Waals surface area contributed by atoms with Crippen LogP contribution in [0.2, 0.25) is 0 Å². The molecule has 1 N–H and O–H groups in total. The molecular formula is C12H10N4O. The Bertz CT molecular complexity index is 648. The third-order valence-electron chi connectivity index (χ3n) is 2.56. The topological polar surface area (TPSA) is 63.3 Å². The fourth-order valence-electron chi connectivity index (χ4n) is 1.79. The highest BCUT2D eigenvalue weighted by Crippen LogP contribution is 2.22. The highest BCUT2D eigenvalue weighted by molar-refractivity contribution is 5.67. The summed E-state index contributed by atoms with van der Waals surface area (Å²) in [6.45, 7) is -0.105. The molecule has 0 unspecified atom stereocenters. The molecule has 0 aliphatic heterocycles. The van der Waals surface area contributed by atoms with E-state index in [0.29, 0.717) is 16.9 Å². The first-order valence-electron chi connectivity index (χ1n) is 5.24. The number of hydrogen-bond donors (Lipinski definition) is 1. The summed E-state index contributed by atoms with van der Waals surface area (Å²) in [5.74, 6) is 0. The molecule has 0 spiro atoms. The van der Waals surface area contributed by atoms with Crippen molar-refractivity contribution in [2.45, 2.75) is 6.61 Å². The summed E-state index contributed by atoms with van der Waals surface area (Å²) in [6.07, 6.45) is 5.18.